The lowest BCUT2D eigenvalue weighted by atomic mass is 9.72. The second-order valence-corrected chi connectivity index (χ2v) is 10.9. The number of hydrogen-bond acceptors (Lipinski definition) is 3. The van der Waals surface area contributed by atoms with Crippen molar-refractivity contribution in [1.29, 1.82) is 0 Å². The van der Waals surface area contributed by atoms with E-state index < -0.39 is 5.54 Å². The van der Waals surface area contributed by atoms with Crippen LogP contribution in [0.4, 0.5) is 4.79 Å². The number of carbonyl (C=O) groups excluding carboxylic acids is 1. The van der Waals surface area contributed by atoms with Crippen LogP contribution in [0.2, 0.25) is 0 Å². The van der Waals surface area contributed by atoms with Gasteiger partial charge in [-0.05, 0) is 95.0 Å². The predicted molar refractivity (Wildman–Crippen MR) is 124 cm³/mol. The Morgan fingerprint density at radius 1 is 1.14 bits per heavy atom. The summed E-state index contributed by atoms with van der Waals surface area (Å²) in [6.45, 7) is 9.40. The molecule has 29 heavy (non-hydrogen) atoms. The number of nitrogens with one attached hydrogen (secondary N) is 1. The minimum Gasteiger partial charge on any atom is -0.489 e. The largest absolute Gasteiger partial charge is 0.489 e. The number of rotatable bonds is 3. The van der Waals surface area contributed by atoms with E-state index in [0.29, 0.717) is 18.1 Å². The van der Waals surface area contributed by atoms with Gasteiger partial charge in [0.2, 0.25) is 0 Å². The van der Waals surface area contributed by atoms with Gasteiger partial charge in [0.1, 0.15) is 12.4 Å². The number of alkyl carbamates (subject to hydrolysis) is 1. The fourth-order valence-corrected chi connectivity index (χ4v) is 5.39. The van der Waals surface area contributed by atoms with Gasteiger partial charge < -0.3 is 14.8 Å². The maximum atomic E-state index is 11.5. The Kier molecular flexibility index (Phi) is 5.47. The Labute approximate surface area is 186 Å². The average molecular weight is 507 g/mol. The number of hydrogen-bond donors (Lipinski definition) is 1. The predicted octanol–water partition coefficient (Wildman–Crippen LogP) is 6.38. The van der Waals surface area contributed by atoms with Crippen LogP contribution in [0, 0.1) is 14.9 Å². The fourth-order valence-electron chi connectivity index (χ4n) is 4.60. The van der Waals surface area contributed by atoms with Crippen LogP contribution in [0.15, 0.2) is 30.3 Å². The Bertz CT molecular complexity index is 928. The molecule has 1 saturated heterocycles. The summed E-state index contributed by atoms with van der Waals surface area (Å²) in [6.07, 6.45) is 4.71. The van der Waals surface area contributed by atoms with E-state index >= 15 is 0 Å². The van der Waals surface area contributed by atoms with Crippen LogP contribution in [0.5, 0.6) is 5.75 Å². The van der Waals surface area contributed by atoms with Gasteiger partial charge in [-0.2, -0.15) is 0 Å². The molecule has 4 nitrogen and oxygen atoms in total. The van der Waals surface area contributed by atoms with Gasteiger partial charge in [-0.15, -0.1) is 0 Å². The van der Waals surface area contributed by atoms with Crippen molar-refractivity contribution in [3.05, 3.63) is 39.5 Å². The lowest BCUT2D eigenvalue weighted by molar-refractivity contribution is 0.0878. The first kappa shape index (κ1) is 20.8. The topological polar surface area (TPSA) is 47.6 Å². The van der Waals surface area contributed by atoms with E-state index in [-0.39, 0.29) is 6.09 Å². The molecule has 0 unspecified atom stereocenters. The number of carbonyl (C=O) groups is 1. The van der Waals surface area contributed by atoms with Crippen molar-refractivity contribution in [2.75, 3.05) is 6.61 Å². The molecule has 2 aromatic carbocycles. The molecule has 0 aromatic heterocycles. The molecular formula is C24H30INO3. The summed E-state index contributed by atoms with van der Waals surface area (Å²) in [7, 11) is 0. The Balaban J connectivity index is 1.51. The molecule has 1 N–H and O–H groups in total. The van der Waals surface area contributed by atoms with Crippen molar-refractivity contribution >= 4 is 39.5 Å². The third kappa shape index (κ3) is 4.21. The SMILES string of the molecule is CC(C)(C)[C@H]1CC[C@@H](Oc2ccc3cc([C@@]4(C)COC(=O)N4)ccc3c2I)CC1. The first-order chi connectivity index (χ1) is 13.7. The number of benzene rings is 2. The second-order valence-electron chi connectivity index (χ2n) is 9.80. The minimum absolute atomic E-state index is 0.309. The molecule has 0 radical (unpaired) electrons. The number of amides is 1. The Hall–Kier alpha value is -1.50. The van der Waals surface area contributed by atoms with Gasteiger partial charge in [0, 0.05) is 0 Å². The zero-order valence-corrected chi connectivity index (χ0v) is 19.8. The van der Waals surface area contributed by atoms with Crippen molar-refractivity contribution in [3.63, 3.8) is 0 Å². The summed E-state index contributed by atoms with van der Waals surface area (Å²) in [6, 6.07) is 10.6. The van der Waals surface area contributed by atoms with Gasteiger partial charge in [-0.25, -0.2) is 4.79 Å². The Morgan fingerprint density at radius 3 is 2.48 bits per heavy atom. The first-order valence-electron chi connectivity index (χ1n) is 10.5. The Morgan fingerprint density at radius 2 is 1.86 bits per heavy atom. The van der Waals surface area contributed by atoms with Crippen molar-refractivity contribution in [2.24, 2.45) is 11.3 Å². The quantitative estimate of drug-likeness (QED) is 0.491. The maximum Gasteiger partial charge on any atom is 0.408 e. The minimum atomic E-state index is -0.475. The molecule has 2 fully saturated rings. The van der Waals surface area contributed by atoms with E-state index in [0.717, 1.165) is 39.0 Å². The highest BCUT2D eigenvalue weighted by Gasteiger charge is 2.36. The molecule has 1 heterocycles. The molecule has 1 atom stereocenters. The third-order valence-electron chi connectivity index (χ3n) is 6.62. The van der Waals surface area contributed by atoms with Crippen LogP contribution in [0.1, 0.15) is 58.9 Å². The van der Waals surface area contributed by atoms with Gasteiger partial charge in [0.25, 0.3) is 0 Å². The highest BCUT2D eigenvalue weighted by molar-refractivity contribution is 14.1. The van der Waals surface area contributed by atoms with Crippen LogP contribution < -0.4 is 10.1 Å². The molecule has 0 bridgehead atoms. The molecule has 1 amide bonds. The van der Waals surface area contributed by atoms with Crippen molar-refractivity contribution < 1.29 is 14.3 Å². The molecule has 2 aromatic rings. The van der Waals surface area contributed by atoms with E-state index in [1.807, 2.05) is 6.92 Å². The van der Waals surface area contributed by atoms with Gasteiger partial charge in [0.15, 0.2) is 0 Å². The summed E-state index contributed by atoms with van der Waals surface area (Å²) >= 11 is 2.40. The van der Waals surface area contributed by atoms with E-state index in [1.54, 1.807) is 0 Å². The third-order valence-corrected chi connectivity index (χ3v) is 7.73. The highest BCUT2D eigenvalue weighted by Crippen LogP contribution is 2.40. The summed E-state index contributed by atoms with van der Waals surface area (Å²) in [5.41, 5.74) is 0.971. The van der Waals surface area contributed by atoms with Crippen molar-refractivity contribution in [3.8, 4) is 5.75 Å². The maximum absolute atomic E-state index is 11.5. The monoisotopic (exact) mass is 507 g/mol. The normalized spacial score (nSPS) is 27.6. The number of fused-ring (bicyclic) bond motifs is 1. The van der Waals surface area contributed by atoms with Crippen LogP contribution in [0.25, 0.3) is 10.8 Å². The summed E-state index contributed by atoms with van der Waals surface area (Å²) in [4.78, 5) is 11.5. The van der Waals surface area contributed by atoms with Gasteiger partial charge in [0.05, 0.1) is 15.2 Å². The fraction of sp³-hybridized carbons (Fsp3) is 0.542. The standard InChI is InChI=1S/C24H30INO3/c1-23(2,3)16-6-9-18(10-7-16)29-20-12-5-15-13-17(8-11-19(15)21(20)25)24(4)14-28-22(27)26-24/h5,8,11-13,16,18H,6-7,9-10,14H2,1-4H3,(H,26,27)/t16-,18+,24-/m1/s1. The second kappa shape index (κ2) is 7.64. The molecule has 4 rings (SSSR count). The molecule has 1 aliphatic carbocycles. The van der Waals surface area contributed by atoms with E-state index in [4.69, 9.17) is 9.47 Å². The molecule has 1 aliphatic heterocycles. The molecule has 0 spiro atoms. The first-order valence-corrected chi connectivity index (χ1v) is 11.6. The van der Waals surface area contributed by atoms with Gasteiger partial charge in [-0.3, -0.25) is 0 Å². The zero-order chi connectivity index (χ0) is 20.8. The van der Waals surface area contributed by atoms with Crippen LogP contribution in [0.3, 0.4) is 0 Å². The summed E-state index contributed by atoms with van der Waals surface area (Å²) in [5, 5.41) is 5.25. The lowest BCUT2D eigenvalue weighted by Crippen LogP contribution is -2.37. The zero-order valence-electron chi connectivity index (χ0n) is 17.7. The summed E-state index contributed by atoms with van der Waals surface area (Å²) < 4.78 is 12.7. The van der Waals surface area contributed by atoms with E-state index in [1.165, 1.54) is 18.2 Å². The number of cyclic esters (lactones) is 1. The van der Waals surface area contributed by atoms with E-state index in [9.17, 15) is 4.79 Å². The molecule has 156 valence electrons. The lowest BCUT2D eigenvalue weighted by Gasteiger charge is -2.37. The van der Waals surface area contributed by atoms with Crippen molar-refractivity contribution in [1.82, 2.24) is 5.32 Å². The van der Waals surface area contributed by atoms with Crippen LogP contribution in [-0.2, 0) is 10.3 Å². The highest BCUT2D eigenvalue weighted by atomic mass is 127. The van der Waals surface area contributed by atoms with Gasteiger partial charge >= 0.3 is 6.09 Å². The summed E-state index contributed by atoms with van der Waals surface area (Å²) in [5.74, 6) is 1.77. The molecule has 2 aliphatic rings. The van der Waals surface area contributed by atoms with Gasteiger partial charge in [-0.1, -0.05) is 39.0 Å². The van der Waals surface area contributed by atoms with Crippen LogP contribution in [-0.4, -0.2) is 18.8 Å². The van der Waals surface area contributed by atoms with Crippen molar-refractivity contribution in [2.45, 2.75) is 65.0 Å². The number of halogens is 1. The molecule has 1 saturated carbocycles. The molecular weight excluding hydrogens is 477 g/mol. The number of ether oxygens (including phenoxy) is 2. The van der Waals surface area contributed by atoms with Crippen LogP contribution >= 0.6 is 22.6 Å². The molecule has 5 heteroatoms. The van der Waals surface area contributed by atoms with E-state index in [2.05, 4.69) is 79.0 Å². The average Bonchev–Trinajstić information content (AvgIpc) is 3.03. The smallest absolute Gasteiger partial charge is 0.408 e.